The third-order valence-electron chi connectivity index (χ3n) is 5.74. The fraction of sp³-hybridized carbons (Fsp3) is 0.600. The first-order valence-electron chi connectivity index (χ1n) is 9.58. The molecule has 142 valence electrons. The second kappa shape index (κ2) is 8.54. The topological polar surface area (TPSA) is 55.9 Å². The minimum Gasteiger partial charge on any atom is -0.368 e. The molecule has 2 atom stereocenters. The van der Waals surface area contributed by atoms with Crippen LogP contribution in [-0.4, -0.2) is 73.5 Å². The molecule has 2 aliphatic rings. The van der Waals surface area contributed by atoms with Crippen molar-refractivity contribution in [2.45, 2.75) is 38.3 Å². The van der Waals surface area contributed by atoms with Crippen molar-refractivity contribution in [2.24, 2.45) is 0 Å². The van der Waals surface area contributed by atoms with Crippen LogP contribution in [0.15, 0.2) is 30.3 Å². The van der Waals surface area contributed by atoms with Crippen molar-refractivity contribution >= 4 is 17.5 Å². The van der Waals surface area contributed by atoms with Crippen LogP contribution in [-0.2, 0) is 9.59 Å². The van der Waals surface area contributed by atoms with Crippen LogP contribution in [0.5, 0.6) is 0 Å². The van der Waals surface area contributed by atoms with Gasteiger partial charge in [0.25, 0.3) is 0 Å². The molecule has 0 radical (unpaired) electrons. The second-order valence-corrected chi connectivity index (χ2v) is 7.40. The number of carbonyl (C=O) groups excluding carboxylic acids is 2. The van der Waals surface area contributed by atoms with Crippen LogP contribution in [0.3, 0.4) is 0 Å². The van der Waals surface area contributed by atoms with Crippen molar-refractivity contribution in [3.8, 4) is 0 Å². The summed E-state index contributed by atoms with van der Waals surface area (Å²) in [6, 6.07) is 11.0. The largest absolute Gasteiger partial charge is 0.368 e. The molecule has 0 bridgehead atoms. The van der Waals surface area contributed by atoms with Crippen LogP contribution < -0.4 is 10.2 Å². The van der Waals surface area contributed by atoms with E-state index in [1.807, 2.05) is 11.0 Å². The molecule has 2 heterocycles. The predicted molar refractivity (Wildman–Crippen MR) is 103 cm³/mol. The molecule has 0 unspecified atom stereocenters. The van der Waals surface area contributed by atoms with Crippen LogP contribution >= 0.6 is 0 Å². The van der Waals surface area contributed by atoms with Gasteiger partial charge in [-0.3, -0.25) is 14.5 Å². The number of para-hydroxylation sites is 1. The van der Waals surface area contributed by atoms with Gasteiger partial charge in [-0.2, -0.15) is 0 Å². The third kappa shape index (κ3) is 4.55. The Morgan fingerprint density at radius 3 is 2.35 bits per heavy atom. The van der Waals surface area contributed by atoms with Crippen LogP contribution in [0.4, 0.5) is 5.69 Å². The molecule has 2 saturated heterocycles. The van der Waals surface area contributed by atoms with E-state index >= 15 is 0 Å². The second-order valence-electron chi connectivity index (χ2n) is 7.40. The number of piperazine rings is 1. The molecular formula is C20H30N4O2. The molecule has 3 rings (SSSR count). The number of amides is 2. The van der Waals surface area contributed by atoms with E-state index in [4.69, 9.17) is 0 Å². The number of likely N-dealkylation sites (tertiary alicyclic amines) is 1. The van der Waals surface area contributed by atoms with Crippen molar-refractivity contribution in [1.29, 1.82) is 0 Å². The van der Waals surface area contributed by atoms with Gasteiger partial charge in [-0.1, -0.05) is 18.2 Å². The lowest BCUT2D eigenvalue weighted by Crippen LogP contribution is -2.50. The normalized spacial score (nSPS) is 23.9. The van der Waals surface area contributed by atoms with Gasteiger partial charge in [0, 0.05) is 63.8 Å². The van der Waals surface area contributed by atoms with Gasteiger partial charge in [0.2, 0.25) is 11.8 Å². The summed E-state index contributed by atoms with van der Waals surface area (Å²) in [4.78, 5) is 30.5. The summed E-state index contributed by atoms with van der Waals surface area (Å²) < 4.78 is 0. The summed E-state index contributed by atoms with van der Waals surface area (Å²) in [5.41, 5.74) is 1.23. The Balaban J connectivity index is 1.45. The fourth-order valence-electron chi connectivity index (χ4n) is 4.03. The molecule has 0 spiro atoms. The zero-order valence-corrected chi connectivity index (χ0v) is 15.9. The Kier molecular flexibility index (Phi) is 6.14. The highest BCUT2D eigenvalue weighted by atomic mass is 16.2. The molecule has 26 heavy (non-hydrogen) atoms. The number of carbonyl (C=O) groups is 2. The van der Waals surface area contributed by atoms with Gasteiger partial charge in [-0.15, -0.1) is 0 Å². The highest BCUT2D eigenvalue weighted by Crippen LogP contribution is 2.25. The van der Waals surface area contributed by atoms with Crippen molar-refractivity contribution in [3.63, 3.8) is 0 Å². The van der Waals surface area contributed by atoms with Crippen LogP contribution in [0.2, 0.25) is 0 Å². The Morgan fingerprint density at radius 2 is 1.69 bits per heavy atom. The number of likely N-dealkylation sites (N-methyl/N-ethyl adjacent to an activating group) is 1. The minimum absolute atomic E-state index is 0.00853. The zero-order valence-electron chi connectivity index (χ0n) is 15.9. The van der Waals surface area contributed by atoms with Gasteiger partial charge in [0.05, 0.1) is 0 Å². The Labute approximate surface area is 156 Å². The molecule has 2 fully saturated rings. The number of nitrogens with zero attached hydrogens (tertiary/aromatic N) is 3. The first-order chi connectivity index (χ1) is 12.5. The lowest BCUT2D eigenvalue weighted by Gasteiger charge is -2.37. The maximum Gasteiger partial charge on any atom is 0.224 e. The molecule has 0 aromatic heterocycles. The highest BCUT2D eigenvalue weighted by molar-refractivity contribution is 5.77. The fourth-order valence-corrected chi connectivity index (χ4v) is 4.03. The van der Waals surface area contributed by atoms with E-state index in [1.165, 1.54) is 5.69 Å². The van der Waals surface area contributed by atoms with Crippen LogP contribution in [0, 0.1) is 0 Å². The Morgan fingerprint density at radius 1 is 1.04 bits per heavy atom. The number of benzene rings is 1. The molecule has 1 aromatic rings. The van der Waals surface area contributed by atoms with Crippen molar-refractivity contribution < 1.29 is 9.59 Å². The minimum atomic E-state index is 0.00853. The van der Waals surface area contributed by atoms with E-state index < -0.39 is 0 Å². The Hall–Kier alpha value is -2.08. The molecule has 1 N–H and O–H groups in total. The van der Waals surface area contributed by atoms with Crippen LogP contribution in [0.1, 0.15) is 26.2 Å². The Bertz CT molecular complexity index is 613. The smallest absolute Gasteiger partial charge is 0.224 e. The van der Waals surface area contributed by atoms with Gasteiger partial charge in [0.15, 0.2) is 0 Å². The standard InChI is InChI=1S/C20H30N4O2/c1-16(25)21-15-19-9-8-18(22(19)2)14-20(26)24-12-10-23(11-13-24)17-6-4-3-5-7-17/h3-7,18-19H,8-15H2,1-2H3,(H,21,25)/t18-,19+/m0/s1. The summed E-state index contributed by atoms with van der Waals surface area (Å²) >= 11 is 0. The quantitative estimate of drug-likeness (QED) is 0.863. The summed E-state index contributed by atoms with van der Waals surface area (Å²) in [6.45, 7) is 5.58. The number of hydrogen-bond donors (Lipinski definition) is 1. The SMILES string of the molecule is CC(=O)NC[C@H]1CC[C@@H](CC(=O)N2CCN(c3ccccc3)CC2)N1C. The molecule has 1 aromatic carbocycles. The van der Waals surface area contributed by atoms with Gasteiger partial charge < -0.3 is 15.1 Å². The summed E-state index contributed by atoms with van der Waals surface area (Å²) in [5, 5.41) is 2.89. The van der Waals surface area contributed by atoms with E-state index in [9.17, 15) is 9.59 Å². The number of hydrogen-bond acceptors (Lipinski definition) is 4. The lowest BCUT2D eigenvalue weighted by atomic mass is 10.1. The van der Waals surface area contributed by atoms with Crippen molar-refractivity contribution in [2.75, 3.05) is 44.7 Å². The zero-order chi connectivity index (χ0) is 18.5. The van der Waals surface area contributed by atoms with E-state index in [-0.39, 0.29) is 17.9 Å². The number of nitrogens with one attached hydrogen (secondary N) is 1. The molecule has 6 heteroatoms. The molecular weight excluding hydrogens is 328 g/mol. The maximum absolute atomic E-state index is 12.7. The van der Waals surface area contributed by atoms with E-state index in [0.717, 1.165) is 39.0 Å². The first-order valence-corrected chi connectivity index (χ1v) is 9.58. The average Bonchev–Trinajstić information content (AvgIpc) is 3.00. The highest BCUT2D eigenvalue weighted by Gasteiger charge is 2.33. The molecule has 6 nitrogen and oxygen atoms in total. The number of rotatable bonds is 5. The van der Waals surface area contributed by atoms with Crippen molar-refractivity contribution in [3.05, 3.63) is 30.3 Å². The monoisotopic (exact) mass is 358 g/mol. The summed E-state index contributed by atoms with van der Waals surface area (Å²) in [7, 11) is 2.07. The maximum atomic E-state index is 12.7. The summed E-state index contributed by atoms with van der Waals surface area (Å²) in [6.07, 6.45) is 2.64. The molecule has 0 aliphatic carbocycles. The van der Waals surface area contributed by atoms with Gasteiger partial charge >= 0.3 is 0 Å². The number of anilines is 1. The van der Waals surface area contributed by atoms with Crippen LogP contribution in [0.25, 0.3) is 0 Å². The third-order valence-corrected chi connectivity index (χ3v) is 5.74. The van der Waals surface area contributed by atoms with Gasteiger partial charge in [0.1, 0.15) is 0 Å². The molecule has 0 saturated carbocycles. The molecule has 2 aliphatic heterocycles. The van der Waals surface area contributed by atoms with E-state index in [0.29, 0.717) is 19.0 Å². The van der Waals surface area contributed by atoms with Gasteiger partial charge in [-0.25, -0.2) is 0 Å². The van der Waals surface area contributed by atoms with Crippen molar-refractivity contribution in [1.82, 2.24) is 15.1 Å². The predicted octanol–water partition coefficient (Wildman–Crippen LogP) is 1.32. The average molecular weight is 358 g/mol. The van der Waals surface area contributed by atoms with E-state index in [2.05, 4.69) is 46.4 Å². The summed E-state index contributed by atoms with van der Waals surface area (Å²) in [5.74, 6) is 0.268. The lowest BCUT2D eigenvalue weighted by molar-refractivity contribution is -0.132. The van der Waals surface area contributed by atoms with E-state index in [1.54, 1.807) is 6.92 Å². The molecule has 2 amide bonds. The van der Waals surface area contributed by atoms with Gasteiger partial charge in [-0.05, 0) is 32.0 Å². The first kappa shape index (κ1) is 18.7.